The van der Waals surface area contributed by atoms with E-state index in [0.717, 1.165) is 43.2 Å². The maximum atomic E-state index is 6.33. The van der Waals surface area contributed by atoms with E-state index < -0.39 is 0 Å². The number of halogens is 2. The van der Waals surface area contributed by atoms with Gasteiger partial charge in [-0.1, -0.05) is 42.6 Å². The summed E-state index contributed by atoms with van der Waals surface area (Å²) in [5, 5.41) is 8.19. The van der Waals surface area contributed by atoms with Crippen LogP contribution in [-0.4, -0.2) is 67.6 Å². The van der Waals surface area contributed by atoms with Crippen molar-refractivity contribution in [1.29, 1.82) is 0 Å². The maximum absolute atomic E-state index is 6.33. The van der Waals surface area contributed by atoms with Crippen molar-refractivity contribution in [2.24, 2.45) is 10.9 Å². The zero-order chi connectivity index (χ0) is 21.5. The summed E-state index contributed by atoms with van der Waals surface area (Å²) >= 11 is 6.33. The first kappa shape index (κ1) is 26.0. The van der Waals surface area contributed by atoms with Crippen LogP contribution >= 0.6 is 35.6 Å². The lowest BCUT2D eigenvalue weighted by Crippen LogP contribution is -2.51. The molecule has 3 fully saturated rings. The Kier molecular flexibility index (Phi) is 10.9. The van der Waals surface area contributed by atoms with E-state index in [9.17, 15) is 0 Å². The molecule has 0 amide bonds. The molecule has 2 saturated heterocycles. The van der Waals surface area contributed by atoms with Gasteiger partial charge < -0.3 is 15.5 Å². The molecule has 0 unspecified atom stereocenters. The van der Waals surface area contributed by atoms with Gasteiger partial charge in [0.05, 0.1) is 0 Å². The van der Waals surface area contributed by atoms with E-state index in [2.05, 4.69) is 37.6 Å². The molecule has 4 rings (SSSR count). The Morgan fingerprint density at radius 3 is 2.34 bits per heavy atom. The zero-order valence-electron chi connectivity index (χ0n) is 19.6. The largest absolute Gasteiger partial charge is 0.356 e. The number of nitrogens with one attached hydrogen (secondary N) is 2. The van der Waals surface area contributed by atoms with E-state index in [1.807, 2.05) is 19.2 Å². The van der Waals surface area contributed by atoms with Crippen LogP contribution in [0.2, 0.25) is 5.02 Å². The number of benzene rings is 1. The molecule has 0 radical (unpaired) electrons. The van der Waals surface area contributed by atoms with E-state index in [1.54, 1.807) is 0 Å². The Balaban J connectivity index is 0.00000289. The first-order valence-electron chi connectivity index (χ1n) is 12.4. The third kappa shape index (κ3) is 7.47. The van der Waals surface area contributed by atoms with Crippen molar-refractivity contribution in [3.05, 3.63) is 34.9 Å². The van der Waals surface area contributed by atoms with Gasteiger partial charge in [-0.05, 0) is 69.2 Å². The van der Waals surface area contributed by atoms with Gasteiger partial charge in [-0.25, -0.2) is 0 Å². The summed E-state index contributed by atoms with van der Waals surface area (Å²) < 4.78 is 0. The number of nitrogens with zero attached hydrogens (tertiary/aromatic N) is 3. The summed E-state index contributed by atoms with van der Waals surface area (Å²) in [6.07, 6.45) is 10.6. The fourth-order valence-corrected chi connectivity index (χ4v) is 5.72. The smallest absolute Gasteiger partial charge is 0.191 e. The molecule has 0 atom stereocenters. The number of aliphatic imine (C=N–C) groups is 1. The highest BCUT2D eigenvalue weighted by molar-refractivity contribution is 14.0. The van der Waals surface area contributed by atoms with Crippen LogP contribution in [0, 0.1) is 5.92 Å². The number of piperidine rings is 2. The highest BCUT2D eigenvalue weighted by atomic mass is 127. The Hall–Kier alpha value is -0.570. The monoisotopic (exact) mass is 573 g/mol. The Labute approximate surface area is 216 Å². The second-order valence-corrected chi connectivity index (χ2v) is 10.1. The van der Waals surface area contributed by atoms with Gasteiger partial charge in [-0.2, -0.15) is 0 Å². The summed E-state index contributed by atoms with van der Waals surface area (Å²) in [6.45, 7) is 6.74. The topological polar surface area (TPSA) is 42.9 Å². The second kappa shape index (κ2) is 13.4. The Morgan fingerprint density at radius 1 is 1.00 bits per heavy atom. The SMILES string of the molecule is CN=C(NCC1CCN(Cc2ccccc2Cl)CC1)NC1CCN(C2CCCC2)CC1.I. The second-order valence-electron chi connectivity index (χ2n) is 9.66. The molecule has 1 saturated carbocycles. The minimum absolute atomic E-state index is 0. The highest BCUT2D eigenvalue weighted by Gasteiger charge is 2.27. The molecule has 0 aromatic heterocycles. The van der Waals surface area contributed by atoms with Crippen LogP contribution < -0.4 is 10.6 Å². The van der Waals surface area contributed by atoms with Crippen LogP contribution in [0.3, 0.4) is 0 Å². The lowest BCUT2D eigenvalue weighted by Gasteiger charge is -2.37. The standard InChI is InChI=1S/C25H40ClN5.HI/c1-27-25(29-22-12-16-31(17-13-22)23-7-3-4-8-23)28-18-20-10-14-30(15-11-20)19-21-6-2-5-9-24(21)26;/h2,5-6,9,20,22-23H,3-4,7-8,10-19H2,1H3,(H2,27,28,29);1H. The third-order valence-corrected chi connectivity index (χ3v) is 7.92. The molecule has 5 nitrogen and oxygen atoms in total. The molecule has 1 aliphatic carbocycles. The molecular weight excluding hydrogens is 533 g/mol. The molecule has 2 heterocycles. The minimum atomic E-state index is 0. The van der Waals surface area contributed by atoms with Crippen molar-refractivity contribution < 1.29 is 0 Å². The van der Waals surface area contributed by atoms with Gasteiger partial charge in [0.15, 0.2) is 5.96 Å². The van der Waals surface area contributed by atoms with E-state index in [1.165, 1.54) is 70.0 Å². The average molecular weight is 574 g/mol. The Bertz CT molecular complexity index is 708. The van der Waals surface area contributed by atoms with E-state index >= 15 is 0 Å². The summed E-state index contributed by atoms with van der Waals surface area (Å²) in [5.41, 5.74) is 1.24. The zero-order valence-corrected chi connectivity index (χ0v) is 22.7. The summed E-state index contributed by atoms with van der Waals surface area (Å²) in [6, 6.07) is 9.64. The first-order valence-corrected chi connectivity index (χ1v) is 12.8. The van der Waals surface area contributed by atoms with Crippen LogP contribution in [0.1, 0.15) is 56.9 Å². The van der Waals surface area contributed by atoms with Crippen LogP contribution in [0.25, 0.3) is 0 Å². The molecule has 1 aromatic rings. The fourth-order valence-electron chi connectivity index (χ4n) is 5.52. The molecular formula is C25H41ClIN5. The molecule has 3 aliphatic rings. The van der Waals surface area contributed by atoms with Crippen molar-refractivity contribution in [2.45, 2.75) is 70.0 Å². The molecule has 0 bridgehead atoms. The quantitative estimate of drug-likeness (QED) is 0.293. The Morgan fingerprint density at radius 2 is 1.69 bits per heavy atom. The van der Waals surface area contributed by atoms with Crippen LogP contribution in [0.5, 0.6) is 0 Å². The third-order valence-electron chi connectivity index (χ3n) is 7.55. The van der Waals surface area contributed by atoms with Gasteiger partial charge in [0.25, 0.3) is 0 Å². The van der Waals surface area contributed by atoms with Crippen molar-refractivity contribution in [2.75, 3.05) is 39.8 Å². The molecule has 2 aliphatic heterocycles. The fraction of sp³-hybridized carbons (Fsp3) is 0.720. The van der Waals surface area contributed by atoms with E-state index in [0.29, 0.717) is 12.0 Å². The van der Waals surface area contributed by atoms with Crippen LogP contribution in [0.4, 0.5) is 0 Å². The summed E-state index contributed by atoms with van der Waals surface area (Å²) in [4.78, 5) is 9.76. The molecule has 0 spiro atoms. The molecule has 1 aromatic carbocycles. The molecule has 32 heavy (non-hydrogen) atoms. The normalized spacial score (nSPS) is 22.6. The summed E-state index contributed by atoms with van der Waals surface area (Å²) in [5.74, 6) is 1.70. The van der Waals surface area contributed by atoms with E-state index in [4.69, 9.17) is 11.6 Å². The van der Waals surface area contributed by atoms with Gasteiger partial charge in [0.2, 0.25) is 0 Å². The van der Waals surface area contributed by atoms with Gasteiger partial charge in [-0.3, -0.25) is 9.89 Å². The average Bonchev–Trinajstić information content (AvgIpc) is 3.34. The van der Waals surface area contributed by atoms with Gasteiger partial charge in [0.1, 0.15) is 0 Å². The van der Waals surface area contributed by atoms with Crippen molar-refractivity contribution in [1.82, 2.24) is 20.4 Å². The number of hydrogen-bond acceptors (Lipinski definition) is 3. The van der Waals surface area contributed by atoms with Crippen LogP contribution in [0.15, 0.2) is 29.3 Å². The van der Waals surface area contributed by atoms with E-state index in [-0.39, 0.29) is 24.0 Å². The number of guanidine groups is 1. The lowest BCUT2D eigenvalue weighted by molar-refractivity contribution is 0.150. The van der Waals surface area contributed by atoms with Gasteiger partial charge >= 0.3 is 0 Å². The van der Waals surface area contributed by atoms with Crippen molar-refractivity contribution in [3.8, 4) is 0 Å². The molecule has 2 N–H and O–H groups in total. The number of hydrogen-bond donors (Lipinski definition) is 2. The van der Waals surface area contributed by atoms with Crippen molar-refractivity contribution >= 4 is 41.5 Å². The minimum Gasteiger partial charge on any atom is -0.356 e. The number of rotatable bonds is 6. The maximum Gasteiger partial charge on any atom is 0.191 e. The van der Waals surface area contributed by atoms with Gasteiger partial charge in [0, 0.05) is 50.3 Å². The first-order chi connectivity index (χ1) is 15.2. The van der Waals surface area contributed by atoms with Crippen molar-refractivity contribution in [3.63, 3.8) is 0 Å². The predicted octanol–water partition coefficient (Wildman–Crippen LogP) is 4.74. The molecule has 180 valence electrons. The molecule has 7 heteroatoms. The van der Waals surface area contributed by atoms with Crippen LogP contribution in [-0.2, 0) is 6.54 Å². The van der Waals surface area contributed by atoms with Gasteiger partial charge in [-0.15, -0.1) is 24.0 Å². The lowest BCUT2D eigenvalue weighted by atomic mass is 9.96. The predicted molar refractivity (Wildman–Crippen MR) is 146 cm³/mol. The summed E-state index contributed by atoms with van der Waals surface area (Å²) in [7, 11) is 1.90. The highest BCUT2D eigenvalue weighted by Crippen LogP contribution is 2.26. The number of likely N-dealkylation sites (tertiary alicyclic amines) is 2.